The Balaban J connectivity index is 1.54. The van der Waals surface area contributed by atoms with Crippen LogP contribution in [-0.4, -0.2) is 43.6 Å². The maximum absolute atomic E-state index is 12.2. The van der Waals surface area contributed by atoms with Crippen molar-refractivity contribution in [2.24, 2.45) is 5.10 Å². The number of rotatable bonds is 6. The molecule has 0 saturated carbocycles. The Morgan fingerprint density at radius 3 is 2.57 bits per heavy atom. The van der Waals surface area contributed by atoms with E-state index in [9.17, 15) is 4.79 Å². The summed E-state index contributed by atoms with van der Waals surface area (Å²) in [6.45, 7) is 0. The third kappa shape index (κ3) is 4.45. The average Bonchev–Trinajstić information content (AvgIpc) is 3.42. The summed E-state index contributed by atoms with van der Waals surface area (Å²) in [6.07, 6.45) is 0.945. The third-order valence-corrected chi connectivity index (χ3v) is 6.11. The van der Waals surface area contributed by atoms with Gasteiger partial charge in [-0.15, -0.1) is 10.2 Å². The van der Waals surface area contributed by atoms with Crippen LogP contribution in [0.2, 0.25) is 0 Å². The molecule has 1 aromatic heterocycles. The molecule has 6 nitrogen and oxygen atoms in total. The van der Waals surface area contributed by atoms with Gasteiger partial charge >= 0.3 is 0 Å². The van der Waals surface area contributed by atoms with E-state index in [-0.39, 0.29) is 11.7 Å². The Labute approximate surface area is 171 Å². The molecule has 1 fully saturated rings. The standard InChI is InChI=1S/C20H19N5OS2/c26-18(22-21-16-11-12-27-13-16)14-28-20-24-23-19(15-7-3-1-4-8-15)25(20)17-9-5-2-6-10-17/h1-10H,11-14H2,(H,22,26)/b21-16-. The molecule has 2 heterocycles. The molecule has 1 N–H and O–H groups in total. The molecular weight excluding hydrogens is 390 g/mol. The van der Waals surface area contributed by atoms with Gasteiger partial charge in [-0.25, -0.2) is 5.43 Å². The Kier molecular flexibility index (Phi) is 6.08. The van der Waals surface area contributed by atoms with Gasteiger partial charge in [-0.1, -0.05) is 60.3 Å². The van der Waals surface area contributed by atoms with Gasteiger partial charge in [0.25, 0.3) is 5.91 Å². The zero-order valence-electron chi connectivity index (χ0n) is 15.1. The molecule has 8 heteroatoms. The van der Waals surface area contributed by atoms with Crippen LogP contribution in [0, 0.1) is 0 Å². The van der Waals surface area contributed by atoms with Crippen molar-refractivity contribution in [1.29, 1.82) is 0 Å². The fourth-order valence-corrected chi connectivity index (χ4v) is 4.50. The van der Waals surface area contributed by atoms with Crippen molar-refractivity contribution in [2.75, 3.05) is 17.3 Å². The molecule has 28 heavy (non-hydrogen) atoms. The van der Waals surface area contributed by atoms with E-state index in [0.717, 1.165) is 40.7 Å². The largest absolute Gasteiger partial charge is 0.272 e. The highest BCUT2D eigenvalue weighted by Crippen LogP contribution is 2.27. The Morgan fingerprint density at radius 2 is 1.86 bits per heavy atom. The molecule has 0 spiro atoms. The van der Waals surface area contributed by atoms with Crippen LogP contribution in [0.1, 0.15) is 6.42 Å². The highest BCUT2D eigenvalue weighted by molar-refractivity contribution is 8.00. The van der Waals surface area contributed by atoms with E-state index in [1.807, 2.05) is 77.0 Å². The van der Waals surface area contributed by atoms with Gasteiger partial charge in [0.05, 0.1) is 5.75 Å². The molecule has 1 saturated heterocycles. The molecule has 0 aliphatic carbocycles. The van der Waals surface area contributed by atoms with Crippen LogP contribution >= 0.6 is 23.5 Å². The molecule has 1 aliphatic heterocycles. The van der Waals surface area contributed by atoms with E-state index in [0.29, 0.717) is 5.16 Å². The van der Waals surface area contributed by atoms with Crippen LogP contribution in [0.15, 0.2) is 70.9 Å². The molecule has 1 amide bonds. The molecule has 0 bridgehead atoms. The summed E-state index contributed by atoms with van der Waals surface area (Å²) in [4.78, 5) is 12.2. The highest BCUT2D eigenvalue weighted by Gasteiger charge is 2.17. The van der Waals surface area contributed by atoms with Gasteiger partial charge < -0.3 is 0 Å². The van der Waals surface area contributed by atoms with E-state index in [1.165, 1.54) is 11.8 Å². The smallest absolute Gasteiger partial charge is 0.250 e. The first-order chi connectivity index (χ1) is 13.8. The Morgan fingerprint density at radius 1 is 1.11 bits per heavy atom. The Hall–Kier alpha value is -2.58. The number of nitrogens with one attached hydrogen (secondary N) is 1. The number of aromatic nitrogens is 3. The van der Waals surface area contributed by atoms with Crippen LogP contribution in [0.4, 0.5) is 0 Å². The van der Waals surface area contributed by atoms with Gasteiger partial charge in [-0.3, -0.25) is 9.36 Å². The topological polar surface area (TPSA) is 72.2 Å². The van der Waals surface area contributed by atoms with E-state index < -0.39 is 0 Å². The highest BCUT2D eigenvalue weighted by atomic mass is 32.2. The SMILES string of the molecule is O=C(CSc1nnc(-c2ccccc2)n1-c1ccccc1)N/N=C1/CCSC1. The summed E-state index contributed by atoms with van der Waals surface area (Å²) in [7, 11) is 0. The molecule has 142 valence electrons. The zero-order valence-corrected chi connectivity index (χ0v) is 16.7. The van der Waals surface area contributed by atoms with Crippen molar-refractivity contribution in [2.45, 2.75) is 11.6 Å². The maximum Gasteiger partial charge on any atom is 0.250 e. The number of carbonyl (C=O) groups excluding carboxylic acids is 1. The minimum Gasteiger partial charge on any atom is -0.272 e. The number of carbonyl (C=O) groups is 1. The number of hydrogen-bond donors (Lipinski definition) is 1. The van der Waals surface area contributed by atoms with Crippen molar-refractivity contribution in [3.05, 3.63) is 60.7 Å². The van der Waals surface area contributed by atoms with E-state index >= 15 is 0 Å². The lowest BCUT2D eigenvalue weighted by molar-refractivity contribution is -0.118. The van der Waals surface area contributed by atoms with Crippen LogP contribution in [-0.2, 0) is 4.79 Å². The van der Waals surface area contributed by atoms with Crippen LogP contribution in [0.25, 0.3) is 17.1 Å². The number of hydrazone groups is 1. The van der Waals surface area contributed by atoms with Crippen molar-refractivity contribution in [3.63, 3.8) is 0 Å². The monoisotopic (exact) mass is 409 g/mol. The quantitative estimate of drug-likeness (QED) is 0.497. The molecule has 1 aliphatic rings. The number of thioether (sulfide) groups is 2. The van der Waals surface area contributed by atoms with Gasteiger partial charge in [-0.05, 0) is 24.3 Å². The van der Waals surface area contributed by atoms with Gasteiger partial charge in [0, 0.05) is 22.7 Å². The Bertz CT molecular complexity index is 965. The molecule has 0 atom stereocenters. The predicted octanol–water partition coefficient (Wildman–Crippen LogP) is 3.64. The molecule has 4 rings (SSSR count). The molecule has 0 radical (unpaired) electrons. The molecule has 2 aromatic carbocycles. The van der Waals surface area contributed by atoms with E-state index in [1.54, 1.807) is 0 Å². The van der Waals surface area contributed by atoms with Crippen molar-refractivity contribution >= 4 is 35.1 Å². The maximum atomic E-state index is 12.2. The lowest BCUT2D eigenvalue weighted by Gasteiger charge is -2.10. The number of nitrogens with zero attached hydrogens (tertiary/aromatic N) is 4. The lowest BCUT2D eigenvalue weighted by Crippen LogP contribution is -2.21. The van der Waals surface area contributed by atoms with Crippen LogP contribution in [0.5, 0.6) is 0 Å². The van der Waals surface area contributed by atoms with Crippen molar-refractivity contribution < 1.29 is 4.79 Å². The van der Waals surface area contributed by atoms with Crippen molar-refractivity contribution in [3.8, 4) is 17.1 Å². The first-order valence-electron chi connectivity index (χ1n) is 8.92. The van der Waals surface area contributed by atoms with Crippen molar-refractivity contribution in [1.82, 2.24) is 20.2 Å². The minimum atomic E-state index is -0.140. The summed E-state index contributed by atoms with van der Waals surface area (Å²) >= 11 is 3.19. The summed E-state index contributed by atoms with van der Waals surface area (Å²) < 4.78 is 1.98. The number of para-hydroxylation sites is 1. The summed E-state index contributed by atoms with van der Waals surface area (Å²) in [5, 5.41) is 13.6. The fourth-order valence-electron chi connectivity index (χ4n) is 2.79. The fraction of sp³-hybridized carbons (Fsp3) is 0.200. The van der Waals surface area contributed by atoms with E-state index in [4.69, 9.17) is 0 Å². The summed E-state index contributed by atoms with van der Waals surface area (Å²) in [5.74, 6) is 2.81. The molecular formula is C20H19N5OS2. The second-order valence-corrected chi connectivity index (χ2v) is 8.20. The number of benzene rings is 2. The van der Waals surface area contributed by atoms with Gasteiger partial charge in [-0.2, -0.15) is 16.9 Å². The lowest BCUT2D eigenvalue weighted by atomic mass is 10.2. The van der Waals surface area contributed by atoms with E-state index in [2.05, 4.69) is 20.7 Å². The second kappa shape index (κ2) is 9.07. The van der Waals surface area contributed by atoms with Crippen LogP contribution in [0.3, 0.4) is 0 Å². The number of hydrogen-bond acceptors (Lipinski definition) is 6. The predicted molar refractivity (Wildman–Crippen MR) is 115 cm³/mol. The first kappa shape index (κ1) is 18.8. The summed E-state index contributed by atoms with van der Waals surface area (Å²) in [5.41, 5.74) is 5.62. The minimum absolute atomic E-state index is 0.140. The third-order valence-electron chi connectivity index (χ3n) is 4.15. The molecule has 0 unspecified atom stereocenters. The van der Waals surface area contributed by atoms with Gasteiger partial charge in [0.1, 0.15) is 0 Å². The first-order valence-corrected chi connectivity index (χ1v) is 11.1. The van der Waals surface area contributed by atoms with Gasteiger partial charge in [0.2, 0.25) is 0 Å². The normalized spacial score (nSPS) is 15.1. The second-order valence-electron chi connectivity index (χ2n) is 6.15. The van der Waals surface area contributed by atoms with Crippen LogP contribution < -0.4 is 5.43 Å². The van der Waals surface area contributed by atoms with Gasteiger partial charge in [0.15, 0.2) is 11.0 Å². The molecule has 3 aromatic rings. The zero-order chi connectivity index (χ0) is 19.2. The average molecular weight is 410 g/mol. The summed E-state index contributed by atoms with van der Waals surface area (Å²) in [6, 6.07) is 19.8. The number of amides is 1.